The van der Waals surface area contributed by atoms with Gasteiger partial charge in [-0.3, -0.25) is 9.59 Å². The molecule has 1 aliphatic rings. The van der Waals surface area contributed by atoms with Crippen LogP contribution in [0.4, 0.5) is 5.69 Å². The summed E-state index contributed by atoms with van der Waals surface area (Å²) in [5.41, 5.74) is 0.670. The number of carboxylic acid groups (broad SMARTS) is 1. The molecular weight excluding hydrogens is 346 g/mol. The third kappa shape index (κ3) is 7.20. The van der Waals surface area contributed by atoms with Gasteiger partial charge in [-0.2, -0.15) is 0 Å². The molecule has 1 fully saturated rings. The van der Waals surface area contributed by atoms with Crippen LogP contribution in [-0.4, -0.2) is 51.6 Å². The number of piperidine rings is 1. The number of rotatable bonds is 4. The van der Waals surface area contributed by atoms with Crippen molar-refractivity contribution in [3.63, 3.8) is 0 Å². The number of nitrogens with one attached hydrogen (secondary N) is 2. The Hall–Kier alpha value is -1.97. The molecule has 0 bridgehead atoms. The maximum absolute atomic E-state index is 12.3. The van der Waals surface area contributed by atoms with E-state index in [0.29, 0.717) is 5.69 Å². The van der Waals surface area contributed by atoms with Crippen LogP contribution in [0.15, 0.2) is 29.2 Å². The van der Waals surface area contributed by atoms with Crippen LogP contribution in [-0.2, 0) is 19.6 Å². The van der Waals surface area contributed by atoms with Gasteiger partial charge < -0.3 is 15.3 Å². The van der Waals surface area contributed by atoms with Crippen molar-refractivity contribution in [3.8, 4) is 0 Å². The number of amides is 1. The smallest absolute Gasteiger partial charge is 0.300 e. The number of hydrogen-bond donors (Lipinski definition) is 3. The number of aliphatic carboxylic acids is 1. The number of carbonyl (C=O) groups is 2. The van der Waals surface area contributed by atoms with Gasteiger partial charge >= 0.3 is 0 Å². The fourth-order valence-electron chi connectivity index (χ4n) is 2.26. The molecule has 0 spiro atoms. The Morgan fingerprint density at radius 2 is 1.64 bits per heavy atom. The minimum Gasteiger partial charge on any atom is -0.481 e. The predicted octanol–water partition coefficient (Wildman–Crippen LogP) is 0.791. The van der Waals surface area contributed by atoms with Gasteiger partial charge in [0.1, 0.15) is 0 Å². The van der Waals surface area contributed by atoms with E-state index in [1.807, 2.05) is 0 Å². The fourth-order valence-corrected chi connectivity index (χ4v) is 3.56. The van der Waals surface area contributed by atoms with E-state index in [0.717, 1.165) is 32.9 Å². The van der Waals surface area contributed by atoms with Crippen molar-refractivity contribution >= 4 is 27.6 Å². The molecule has 0 radical (unpaired) electrons. The summed E-state index contributed by atoms with van der Waals surface area (Å²) in [6.45, 7) is 4.20. The Balaban J connectivity index is 0.000000705. The van der Waals surface area contributed by atoms with E-state index < -0.39 is 16.0 Å². The lowest BCUT2D eigenvalue weighted by molar-refractivity contribution is -0.134. The number of carboxylic acids is 1. The Labute approximate surface area is 148 Å². The molecule has 2 rings (SSSR count). The van der Waals surface area contributed by atoms with Crippen LogP contribution in [0.3, 0.4) is 0 Å². The lowest BCUT2D eigenvalue weighted by Gasteiger charge is -2.23. The summed E-state index contributed by atoms with van der Waals surface area (Å²) in [6.07, 6.45) is 1.59. The highest BCUT2D eigenvalue weighted by molar-refractivity contribution is 7.89. The third-order valence-corrected chi connectivity index (χ3v) is 5.20. The van der Waals surface area contributed by atoms with Crippen LogP contribution in [0.25, 0.3) is 0 Å². The average Bonchev–Trinajstić information content (AvgIpc) is 2.54. The number of carbonyl (C=O) groups excluding carboxylic acids is 1. The zero-order valence-electron chi connectivity index (χ0n) is 14.7. The van der Waals surface area contributed by atoms with Gasteiger partial charge in [0, 0.05) is 32.6 Å². The molecule has 3 N–H and O–H groups in total. The first-order chi connectivity index (χ1) is 11.6. The molecule has 8 nitrogen and oxygen atoms in total. The van der Waals surface area contributed by atoms with Gasteiger partial charge in [-0.25, -0.2) is 13.1 Å². The SMILES string of the molecule is CC(=O)N(C)c1ccc(S(=O)(=O)NC2CCNCC2)cc1.CC(=O)O. The summed E-state index contributed by atoms with van der Waals surface area (Å²) < 4.78 is 27.3. The third-order valence-electron chi connectivity index (χ3n) is 3.67. The van der Waals surface area contributed by atoms with Gasteiger partial charge in [0.25, 0.3) is 5.97 Å². The number of anilines is 1. The van der Waals surface area contributed by atoms with Gasteiger partial charge in [0.05, 0.1) is 4.90 Å². The van der Waals surface area contributed by atoms with Gasteiger partial charge in [0.15, 0.2) is 0 Å². The molecule has 1 aliphatic heterocycles. The summed E-state index contributed by atoms with van der Waals surface area (Å²) in [4.78, 5) is 22.0. The fraction of sp³-hybridized carbons (Fsp3) is 0.500. The van der Waals surface area contributed by atoms with Crippen LogP contribution in [0, 0.1) is 0 Å². The van der Waals surface area contributed by atoms with Gasteiger partial charge in [0.2, 0.25) is 15.9 Å². The molecular formula is C16H25N3O5S. The monoisotopic (exact) mass is 371 g/mol. The molecule has 1 saturated heterocycles. The summed E-state index contributed by atoms with van der Waals surface area (Å²) >= 11 is 0. The summed E-state index contributed by atoms with van der Waals surface area (Å²) in [5.74, 6) is -0.932. The maximum atomic E-state index is 12.3. The molecule has 0 aromatic heterocycles. The summed E-state index contributed by atoms with van der Waals surface area (Å²) in [7, 11) is -1.85. The van der Waals surface area contributed by atoms with Crippen LogP contribution < -0.4 is 14.9 Å². The van der Waals surface area contributed by atoms with Crippen molar-refractivity contribution < 1.29 is 23.1 Å². The molecule has 1 heterocycles. The first kappa shape index (κ1) is 21.1. The molecule has 0 saturated carbocycles. The lowest BCUT2D eigenvalue weighted by Crippen LogP contribution is -2.42. The maximum Gasteiger partial charge on any atom is 0.300 e. The first-order valence-corrected chi connectivity index (χ1v) is 9.38. The molecule has 1 aromatic carbocycles. The van der Waals surface area contributed by atoms with E-state index in [1.165, 1.54) is 24.0 Å². The van der Waals surface area contributed by atoms with E-state index in [-0.39, 0.29) is 16.8 Å². The summed E-state index contributed by atoms with van der Waals surface area (Å²) in [5, 5.41) is 10.6. The van der Waals surface area contributed by atoms with Crippen molar-refractivity contribution in [2.75, 3.05) is 25.0 Å². The molecule has 0 atom stereocenters. The minimum absolute atomic E-state index is 0.0178. The number of hydrogen-bond acceptors (Lipinski definition) is 5. The van der Waals surface area contributed by atoms with Crippen molar-refractivity contribution in [1.82, 2.24) is 10.0 Å². The van der Waals surface area contributed by atoms with Gasteiger partial charge in [-0.1, -0.05) is 0 Å². The molecule has 0 aliphatic carbocycles. The van der Waals surface area contributed by atoms with Crippen molar-refractivity contribution in [1.29, 1.82) is 0 Å². The standard InChI is InChI=1S/C14H21N3O3S.C2H4O2/c1-11(18)17(2)13-3-5-14(6-4-13)21(19,20)16-12-7-9-15-10-8-12;1-2(3)4/h3-6,12,15-16H,7-10H2,1-2H3;1H3,(H,3,4). The van der Waals surface area contributed by atoms with E-state index in [1.54, 1.807) is 19.2 Å². The highest BCUT2D eigenvalue weighted by Gasteiger charge is 2.21. The normalized spacial score (nSPS) is 15.0. The van der Waals surface area contributed by atoms with Crippen molar-refractivity contribution in [3.05, 3.63) is 24.3 Å². The van der Waals surface area contributed by atoms with E-state index in [2.05, 4.69) is 10.0 Å². The number of sulfonamides is 1. The number of benzene rings is 1. The largest absolute Gasteiger partial charge is 0.481 e. The van der Waals surface area contributed by atoms with Gasteiger partial charge in [-0.15, -0.1) is 0 Å². The zero-order valence-corrected chi connectivity index (χ0v) is 15.5. The Morgan fingerprint density at radius 1 is 1.16 bits per heavy atom. The molecule has 1 aromatic rings. The van der Waals surface area contributed by atoms with E-state index in [9.17, 15) is 13.2 Å². The molecule has 1 amide bonds. The van der Waals surface area contributed by atoms with E-state index >= 15 is 0 Å². The molecule has 25 heavy (non-hydrogen) atoms. The van der Waals surface area contributed by atoms with E-state index in [4.69, 9.17) is 9.90 Å². The molecule has 0 unspecified atom stereocenters. The highest BCUT2D eigenvalue weighted by atomic mass is 32.2. The quantitative estimate of drug-likeness (QED) is 0.721. The molecule has 9 heteroatoms. The lowest BCUT2D eigenvalue weighted by atomic mass is 10.1. The second-order valence-electron chi connectivity index (χ2n) is 5.74. The Kier molecular flexibility index (Phi) is 8.01. The Morgan fingerprint density at radius 3 is 2.08 bits per heavy atom. The minimum atomic E-state index is -3.50. The number of nitrogens with zero attached hydrogens (tertiary/aromatic N) is 1. The van der Waals surface area contributed by atoms with Gasteiger partial charge in [-0.05, 0) is 50.2 Å². The topological polar surface area (TPSA) is 116 Å². The second kappa shape index (κ2) is 9.50. The zero-order chi connectivity index (χ0) is 19.0. The van der Waals surface area contributed by atoms with Crippen LogP contribution in [0.2, 0.25) is 0 Å². The average molecular weight is 371 g/mol. The molecule has 140 valence electrons. The first-order valence-electron chi connectivity index (χ1n) is 7.90. The van der Waals surface area contributed by atoms with Crippen LogP contribution in [0.1, 0.15) is 26.7 Å². The highest BCUT2D eigenvalue weighted by Crippen LogP contribution is 2.18. The predicted molar refractivity (Wildman–Crippen MR) is 95.0 cm³/mol. The van der Waals surface area contributed by atoms with Crippen LogP contribution in [0.5, 0.6) is 0 Å². The Bertz CT molecular complexity index is 678. The van der Waals surface area contributed by atoms with Crippen molar-refractivity contribution in [2.24, 2.45) is 0 Å². The van der Waals surface area contributed by atoms with Crippen molar-refractivity contribution in [2.45, 2.75) is 37.6 Å². The second-order valence-corrected chi connectivity index (χ2v) is 7.45. The summed E-state index contributed by atoms with van der Waals surface area (Å²) in [6, 6.07) is 6.31. The van der Waals surface area contributed by atoms with Crippen LogP contribution >= 0.6 is 0 Å².